The summed E-state index contributed by atoms with van der Waals surface area (Å²) in [4.78, 5) is 20.8. The summed E-state index contributed by atoms with van der Waals surface area (Å²) in [5.74, 6) is 0.188. The lowest BCUT2D eigenvalue weighted by Gasteiger charge is -2.07. The average molecular weight is 331 g/mol. The second kappa shape index (κ2) is 6.36. The second-order valence-corrected chi connectivity index (χ2v) is 5.18. The van der Waals surface area contributed by atoms with E-state index in [0.29, 0.717) is 17.2 Å². The van der Waals surface area contributed by atoms with Crippen LogP contribution in [-0.4, -0.2) is 35.4 Å². The third-order valence-electron chi connectivity index (χ3n) is 3.48. The Bertz CT molecular complexity index is 976. The molecule has 3 aromatic heterocycles. The normalized spacial score (nSPS) is 10.6. The Morgan fingerprint density at radius 1 is 0.920 bits per heavy atom. The highest BCUT2D eigenvalue weighted by molar-refractivity contribution is 6.04. The van der Waals surface area contributed by atoms with Gasteiger partial charge in [0.1, 0.15) is 0 Å². The summed E-state index contributed by atoms with van der Waals surface area (Å²) in [6.45, 7) is 0. The van der Waals surface area contributed by atoms with E-state index in [2.05, 4.69) is 25.5 Å². The molecule has 25 heavy (non-hydrogen) atoms. The molecule has 0 fully saturated rings. The summed E-state index contributed by atoms with van der Waals surface area (Å²) in [5.41, 5.74) is 1.83. The van der Waals surface area contributed by atoms with Gasteiger partial charge in [-0.2, -0.15) is 10.2 Å². The summed E-state index contributed by atoms with van der Waals surface area (Å²) in [6.07, 6.45) is 9.97. The Morgan fingerprint density at radius 2 is 1.64 bits per heavy atom. The molecule has 1 aromatic carbocycles. The fraction of sp³-hybridized carbons (Fsp3) is 0. The van der Waals surface area contributed by atoms with Crippen LogP contribution in [0.1, 0.15) is 10.4 Å². The van der Waals surface area contributed by atoms with Crippen LogP contribution in [0.15, 0.2) is 73.6 Å². The maximum atomic E-state index is 12.4. The van der Waals surface area contributed by atoms with Crippen LogP contribution in [0.3, 0.4) is 0 Å². The Balaban J connectivity index is 1.51. The van der Waals surface area contributed by atoms with Crippen LogP contribution in [0.25, 0.3) is 11.6 Å². The van der Waals surface area contributed by atoms with Crippen molar-refractivity contribution < 1.29 is 4.79 Å². The lowest BCUT2D eigenvalue weighted by atomic mass is 10.2. The number of aromatic nitrogens is 6. The van der Waals surface area contributed by atoms with E-state index in [0.717, 1.165) is 5.69 Å². The zero-order valence-electron chi connectivity index (χ0n) is 13.0. The predicted octanol–water partition coefficient (Wildman–Crippen LogP) is 2.10. The minimum Gasteiger partial charge on any atom is -0.319 e. The van der Waals surface area contributed by atoms with Crippen molar-refractivity contribution in [1.82, 2.24) is 29.5 Å². The van der Waals surface area contributed by atoms with Crippen LogP contribution in [-0.2, 0) is 0 Å². The number of anilines is 1. The molecule has 8 nitrogen and oxygen atoms in total. The van der Waals surface area contributed by atoms with E-state index in [1.54, 1.807) is 58.5 Å². The first kappa shape index (κ1) is 14.8. The molecule has 1 amide bonds. The summed E-state index contributed by atoms with van der Waals surface area (Å²) in [7, 11) is 0. The van der Waals surface area contributed by atoms with Crippen molar-refractivity contribution in [2.45, 2.75) is 0 Å². The van der Waals surface area contributed by atoms with Crippen molar-refractivity contribution in [3.05, 3.63) is 79.1 Å². The quantitative estimate of drug-likeness (QED) is 0.618. The molecule has 4 aromatic rings. The number of nitrogens with zero attached hydrogens (tertiary/aromatic N) is 6. The monoisotopic (exact) mass is 331 g/mol. The van der Waals surface area contributed by atoms with Crippen molar-refractivity contribution in [2.75, 3.05) is 5.32 Å². The number of hydrogen-bond acceptors (Lipinski definition) is 5. The highest BCUT2D eigenvalue weighted by Gasteiger charge is 2.09. The summed E-state index contributed by atoms with van der Waals surface area (Å²) in [6, 6.07) is 10.8. The Labute approximate surface area is 142 Å². The molecule has 0 bridgehead atoms. The molecule has 0 atom stereocenters. The number of carbonyl (C=O) groups is 1. The standard InChI is InChI=1S/C17H13N7O/c25-16(13-4-1-5-15(10-13)23-8-2-6-20-23)22-14-11-18-17(19-12-14)24-9-3-7-21-24/h1-12H,(H,22,25). The molecule has 0 saturated carbocycles. The van der Waals surface area contributed by atoms with Gasteiger partial charge in [0.15, 0.2) is 0 Å². The van der Waals surface area contributed by atoms with E-state index in [-0.39, 0.29) is 5.91 Å². The Hall–Kier alpha value is -3.81. The largest absolute Gasteiger partial charge is 0.319 e. The maximum Gasteiger partial charge on any atom is 0.255 e. The van der Waals surface area contributed by atoms with Gasteiger partial charge in [-0.1, -0.05) is 6.07 Å². The Morgan fingerprint density at radius 3 is 2.32 bits per heavy atom. The average Bonchev–Trinajstić information content (AvgIpc) is 3.36. The first-order chi connectivity index (χ1) is 12.3. The van der Waals surface area contributed by atoms with E-state index < -0.39 is 0 Å². The molecule has 0 aliphatic carbocycles. The fourth-order valence-corrected chi connectivity index (χ4v) is 2.31. The van der Waals surface area contributed by atoms with E-state index in [1.807, 2.05) is 24.4 Å². The molecule has 3 heterocycles. The maximum absolute atomic E-state index is 12.4. The molecule has 4 rings (SSSR count). The summed E-state index contributed by atoms with van der Waals surface area (Å²) < 4.78 is 3.23. The van der Waals surface area contributed by atoms with Gasteiger partial charge < -0.3 is 5.32 Å². The van der Waals surface area contributed by atoms with Gasteiger partial charge in [-0.15, -0.1) is 0 Å². The molecular formula is C17H13N7O. The van der Waals surface area contributed by atoms with Gasteiger partial charge in [0.25, 0.3) is 11.9 Å². The predicted molar refractivity (Wildman–Crippen MR) is 90.7 cm³/mol. The Kier molecular flexibility index (Phi) is 3.76. The van der Waals surface area contributed by atoms with Gasteiger partial charge in [0.05, 0.1) is 23.8 Å². The molecule has 0 unspecified atom stereocenters. The topological polar surface area (TPSA) is 90.5 Å². The van der Waals surface area contributed by atoms with E-state index >= 15 is 0 Å². The van der Waals surface area contributed by atoms with Gasteiger partial charge >= 0.3 is 0 Å². The van der Waals surface area contributed by atoms with Gasteiger partial charge in [-0.25, -0.2) is 19.3 Å². The molecular weight excluding hydrogens is 318 g/mol. The van der Waals surface area contributed by atoms with Gasteiger partial charge in [-0.3, -0.25) is 4.79 Å². The minimum atomic E-state index is -0.246. The van der Waals surface area contributed by atoms with E-state index in [1.165, 1.54) is 0 Å². The number of nitrogens with one attached hydrogen (secondary N) is 1. The third kappa shape index (κ3) is 3.13. The van der Waals surface area contributed by atoms with Crippen LogP contribution in [0.5, 0.6) is 0 Å². The lowest BCUT2D eigenvalue weighted by Crippen LogP contribution is -2.13. The molecule has 1 N–H and O–H groups in total. The lowest BCUT2D eigenvalue weighted by molar-refractivity contribution is 0.102. The highest BCUT2D eigenvalue weighted by Crippen LogP contribution is 2.12. The molecule has 0 aliphatic rings. The smallest absolute Gasteiger partial charge is 0.255 e. The molecule has 0 saturated heterocycles. The van der Waals surface area contributed by atoms with Crippen LogP contribution in [0.2, 0.25) is 0 Å². The van der Waals surface area contributed by atoms with Crippen molar-refractivity contribution in [1.29, 1.82) is 0 Å². The zero-order chi connectivity index (χ0) is 17.1. The molecule has 0 aliphatic heterocycles. The second-order valence-electron chi connectivity index (χ2n) is 5.18. The van der Waals surface area contributed by atoms with Crippen molar-refractivity contribution >= 4 is 11.6 Å². The van der Waals surface area contributed by atoms with Crippen LogP contribution >= 0.6 is 0 Å². The third-order valence-corrected chi connectivity index (χ3v) is 3.48. The number of amides is 1. The molecule has 0 radical (unpaired) electrons. The number of hydrogen-bond donors (Lipinski definition) is 1. The first-order valence-electron chi connectivity index (χ1n) is 7.53. The zero-order valence-corrected chi connectivity index (χ0v) is 13.0. The van der Waals surface area contributed by atoms with Crippen molar-refractivity contribution in [2.24, 2.45) is 0 Å². The summed E-state index contributed by atoms with van der Waals surface area (Å²) in [5, 5.41) is 11.0. The van der Waals surface area contributed by atoms with Gasteiger partial charge in [0.2, 0.25) is 0 Å². The van der Waals surface area contributed by atoms with Crippen LogP contribution < -0.4 is 5.32 Å². The molecule has 8 heteroatoms. The van der Waals surface area contributed by atoms with Gasteiger partial charge in [0, 0.05) is 30.4 Å². The van der Waals surface area contributed by atoms with Crippen molar-refractivity contribution in [3.8, 4) is 11.6 Å². The SMILES string of the molecule is O=C(Nc1cnc(-n2cccn2)nc1)c1cccc(-n2cccn2)c1. The van der Waals surface area contributed by atoms with Crippen LogP contribution in [0.4, 0.5) is 5.69 Å². The summed E-state index contributed by atoms with van der Waals surface area (Å²) >= 11 is 0. The van der Waals surface area contributed by atoms with E-state index in [4.69, 9.17) is 0 Å². The number of rotatable bonds is 4. The molecule has 0 spiro atoms. The van der Waals surface area contributed by atoms with Gasteiger partial charge in [-0.05, 0) is 30.3 Å². The number of benzene rings is 1. The highest BCUT2D eigenvalue weighted by atomic mass is 16.1. The fourth-order valence-electron chi connectivity index (χ4n) is 2.31. The number of carbonyl (C=O) groups excluding carboxylic acids is 1. The van der Waals surface area contributed by atoms with E-state index in [9.17, 15) is 4.79 Å². The first-order valence-corrected chi connectivity index (χ1v) is 7.53. The molecule has 122 valence electrons. The minimum absolute atomic E-state index is 0.246. The van der Waals surface area contributed by atoms with Crippen LogP contribution in [0, 0.1) is 0 Å². The van der Waals surface area contributed by atoms with Crippen molar-refractivity contribution in [3.63, 3.8) is 0 Å².